The zero-order valence-corrected chi connectivity index (χ0v) is 11.9. The molecule has 0 saturated carbocycles. The number of piperazine rings is 1. The van der Waals surface area contributed by atoms with Crippen LogP contribution in [0.4, 0.5) is 0 Å². The number of hydrogen-bond acceptors (Lipinski definition) is 4. The Balaban J connectivity index is 2.09. The van der Waals surface area contributed by atoms with Gasteiger partial charge in [0.15, 0.2) is 0 Å². The van der Waals surface area contributed by atoms with Gasteiger partial charge in [0, 0.05) is 43.9 Å². The number of rotatable bonds is 5. The van der Waals surface area contributed by atoms with Crippen molar-refractivity contribution in [3.8, 4) is 0 Å². The van der Waals surface area contributed by atoms with E-state index >= 15 is 0 Å². The smallest absolute Gasteiger partial charge is 0.0500 e. The second-order valence-corrected chi connectivity index (χ2v) is 6.86. The molecule has 1 fully saturated rings. The summed E-state index contributed by atoms with van der Waals surface area (Å²) in [6.07, 6.45) is 0. The number of hydrogen-bond donors (Lipinski definition) is 1. The summed E-state index contributed by atoms with van der Waals surface area (Å²) < 4.78 is 0. The maximum atomic E-state index is 4.47. The molecule has 0 spiro atoms. The first-order chi connectivity index (χ1) is 7.09. The first-order valence-electron chi connectivity index (χ1n) is 5.85. The van der Waals surface area contributed by atoms with Gasteiger partial charge in [-0.15, -0.1) is 0 Å². The van der Waals surface area contributed by atoms with Crippen LogP contribution in [0.1, 0.15) is 20.8 Å². The van der Waals surface area contributed by atoms with Gasteiger partial charge >= 0.3 is 0 Å². The molecule has 0 radical (unpaired) electrons. The van der Waals surface area contributed by atoms with E-state index in [4.69, 9.17) is 0 Å². The van der Waals surface area contributed by atoms with Crippen LogP contribution in [-0.4, -0.2) is 58.9 Å². The molecule has 4 heteroatoms. The highest BCUT2D eigenvalue weighted by Crippen LogP contribution is 2.12. The molecule has 1 rings (SSSR count). The Labute approximate surface area is 104 Å². The second-order valence-electron chi connectivity index (χ2n) is 4.43. The monoisotopic (exact) mass is 248 g/mol. The minimum atomic E-state index is 0.414. The lowest BCUT2D eigenvalue weighted by Gasteiger charge is -2.36. The summed E-state index contributed by atoms with van der Waals surface area (Å²) in [7, 11) is 0. The topological polar surface area (TPSA) is 6.48 Å². The SMILES string of the molecule is CC(C)SCCN1CCN(C(C)S)CC1. The summed E-state index contributed by atoms with van der Waals surface area (Å²) in [6, 6.07) is 0. The number of nitrogens with zero attached hydrogens (tertiary/aromatic N) is 2. The van der Waals surface area contributed by atoms with Gasteiger partial charge in [-0.05, 0) is 12.2 Å². The summed E-state index contributed by atoms with van der Waals surface area (Å²) in [4.78, 5) is 5.01. The molecule has 0 amide bonds. The van der Waals surface area contributed by atoms with Crippen molar-refractivity contribution in [1.82, 2.24) is 9.80 Å². The van der Waals surface area contributed by atoms with E-state index in [-0.39, 0.29) is 0 Å². The molecule has 15 heavy (non-hydrogen) atoms. The van der Waals surface area contributed by atoms with Gasteiger partial charge in [-0.3, -0.25) is 9.80 Å². The van der Waals surface area contributed by atoms with Gasteiger partial charge in [-0.1, -0.05) is 13.8 Å². The average molecular weight is 248 g/mol. The summed E-state index contributed by atoms with van der Waals surface area (Å²) >= 11 is 6.53. The van der Waals surface area contributed by atoms with Crippen LogP contribution in [0, 0.1) is 0 Å². The highest BCUT2D eigenvalue weighted by atomic mass is 32.2. The van der Waals surface area contributed by atoms with E-state index in [0.29, 0.717) is 5.37 Å². The fourth-order valence-corrected chi connectivity index (χ4v) is 2.84. The lowest BCUT2D eigenvalue weighted by Crippen LogP contribution is -2.48. The largest absolute Gasteiger partial charge is 0.300 e. The number of thioether (sulfide) groups is 1. The predicted octanol–water partition coefficient (Wildman–Crippen LogP) is 2.02. The summed E-state index contributed by atoms with van der Waals surface area (Å²) in [5, 5.41) is 1.18. The Morgan fingerprint density at radius 2 is 1.73 bits per heavy atom. The molecule has 0 aromatic carbocycles. The highest BCUT2D eigenvalue weighted by Gasteiger charge is 2.18. The maximum absolute atomic E-state index is 4.47. The Morgan fingerprint density at radius 3 is 2.20 bits per heavy atom. The van der Waals surface area contributed by atoms with Gasteiger partial charge in [0.1, 0.15) is 0 Å². The normalized spacial score (nSPS) is 22.2. The van der Waals surface area contributed by atoms with E-state index in [2.05, 4.69) is 55.0 Å². The van der Waals surface area contributed by atoms with Crippen LogP contribution in [0.5, 0.6) is 0 Å². The van der Waals surface area contributed by atoms with Crippen LogP contribution < -0.4 is 0 Å². The van der Waals surface area contributed by atoms with Crippen molar-refractivity contribution < 1.29 is 0 Å². The van der Waals surface area contributed by atoms with Crippen molar-refractivity contribution in [2.75, 3.05) is 38.5 Å². The molecule has 1 unspecified atom stereocenters. The van der Waals surface area contributed by atoms with Crippen molar-refractivity contribution in [3.05, 3.63) is 0 Å². The molecule has 2 nitrogen and oxygen atoms in total. The van der Waals surface area contributed by atoms with Crippen LogP contribution in [0.25, 0.3) is 0 Å². The Morgan fingerprint density at radius 1 is 1.13 bits per heavy atom. The van der Waals surface area contributed by atoms with E-state index in [0.717, 1.165) is 5.25 Å². The van der Waals surface area contributed by atoms with Gasteiger partial charge in [-0.25, -0.2) is 0 Å². The molecule has 0 N–H and O–H groups in total. The first-order valence-corrected chi connectivity index (χ1v) is 7.42. The summed E-state index contributed by atoms with van der Waals surface area (Å²) in [5.41, 5.74) is 0. The number of thiol groups is 1. The maximum Gasteiger partial charge on any atom is 0.0500 e. The predicted molar refractivity (Wildman–Crippen MR) is 74.1 cm³/mol. The minimum Gasteiger partial charge on any atom is -0.300 e. The Kier molecular flexibility index (Phi) is 6.43. The molecular formula is C11H24N2S2. The van der Waals surface area contributed by atoms with Crippen LogP contribution in [0.15, 0.2) is 0 Å². The molecule has 0 aromatic heterocycles. The molecule has 1 atom stereocenters. The van der Waals surface area contributed by atoms with Crippen molar-refractivity contribution in [3.63, 3.8) is 0 Å². The van der Waals surface area contributed by atoms with Gasteiger partial charge in [-0.2, -0.15) is 24.4 Å². The highest BCUT2D eigenvalue weighted by molar-refractivity contribution is 7.99. The van der Waals surface area contributed by atoms with Crippen LogP contribution in [-0.2, 0) is 0 Å². The molecule has 0 aromatic rings. The van der Waals surface area contributed by atoms with Gasteiger partial charge in [0.05, 0.1) is 0 Å². The van der Waals surface area contributed by atoms with Crippen molar-refractivity contribution in [2.45, 2.75) is 31.4 Å². The quantitative estimate of drug-likeness (QED) is 0.744. The average Bonchev–Trinajstić information content (AvgIpc) is 2.18. The lowest BCUT2D eigenvalue weighted by atomic mass is 10.3. The van der Waals surface area contributed by atoms with E-state index in [1.54, 1.807) is 0 Å². The summed E-state index contributed by atoms with van der Waals surface area (Å²) in [6.45, 7) is 12.7. The third-order valence-electron chi connectivity index (χ3n) is 2.79. The van der Waals surface area contributed by atoms with Crippen LogP contribution >= 0.6 is 24.4 Å². The van der Waals surface area contributed by atoms with Crippen LogP contribution in [0.3, 0.4) is 0 Å². The van der Waals surface area contributed by atoms with Crippen molar-refractivity contribution in [2.24, 2.45) is 0 Å². The lowest BCUT2D eigenvalue weighted by molar-refractivity contribution is 0.134. The first kappa shape index (κ1) is 13.7. The van der Waals surface area contributed by atoms with E-state index in [1.807, 2.05) is 0 Å². The molecule has 0 aliphatic carbocycles. The molecule has 0 bridgehead atoms. The molecule has 1 saturated heterocycles. The zero-order chi connectivity index (χ0) is 11.3. The molecular weight excluding hydrogens is 224 g/mol. The minimum absolute atomic E-state index is 0.414. The van der Waals surface area contributed by atoms with E-state index < -0.39 is 0 Å². The molecule has 1 aliphatic heterocycles. The Hall–Kier alpha value is 0.620. The van der Waals surface area contributed by atoms with Crippen molar-refractivity contribution in [1.29, 1.82) is 0 Å². The zero-order valence-electron chi connectivity index (χ0n) is 10.1. The van der Waals surface area contributed by atoms with Gasteiger partial charge < -0.3 is 0 Å². The van der Waals surface area contributed by atoms with E-state index in [1.165, 1.54) is 38.5 Å². The van der Waals surface area contributed by atoms with Crippen molar-refractivity contribution >= 4 is 24.4 Å². The second kappa shape index (κ2) is 7.05. The summed E-state index contributed by atoms with van der Waals surface area (Å²) in [5.74, 6) is 1.27. The standard InChI is InChI=1S/C11H24N2S2/c1-10(2)15-9-8-12-4-6-13(7-5-12)11(3)14/h10-11,14H,4-9H2,1-3H3. The molecule has 90 valence electrons. The third kappa shape index (κ3) is 5.48. The van der Waals surface area contributed by atoms with E-state index in [9.17, 15) is 0 Å². The van der Waals surface area contributed by atoms with Gasteiger partial charge in [0.25, 0.3) is 0 Å². The molecule has 1 heterocycles. The Bertz CT molecular complexity index is 163. The molecule has 1 aliphatic rings. The fraction of sp³-hybridized carbons (Fsp3) is 1.00. The third-order valence-corrected chi connectivity index (χ3v) is 4.21. The fourth-order valence-electron chi connectivity index (χ4n) is 1.78. The van der Waals surface area contributed by atoms with Crippen LogP contribution in [0.2, 0.25) is 0 Å². The van der Waals surface area contributed by atoms with Gasteiger partial charge in [0.2, 0.25) is 0 Å².